The highest BCUT2D eigenvalue weighted by Gasteiger charge is 2.09. The van der Waals surface area contributed by atoms with Gasteiger partial charge in [-0.25, -0.2) is 9.37 Å². The lowest BCUT2D eigenvalue weighted by Gasteiger charge is -2.10. The minimum atomic E-state index is -0.351. The summed E-state index contributed by atoms with van der Waals surface area (Å²) in [6.45, 7) is 2.10. The van der Waals surface area contributed by atoms with Crippen LogP contribution in [0.4, 0.5) is 4.39 Å². The Morgan fingerprint density at radius 2 is 2.04 bits per heavy atom. The fourth-order valence-corrected chi connectivity index (χ4v) is 3.49. The molecule has 1 N–H and O–H groups in total. The highest BCUT2D eigenvalue weighted by molar-refractivity contribution is 9.10. The first-order valence-corrected chi connectivity index (χ1v) is 9.65. The van der Waals surface area contributed by atoms with Crippen LogP contribution in [-0.2, 0) is 17.8 Å². The zero-order chi connectivity index (χ0) is 20.1. The van der Waals surface area contributed by atoms with E-state index in [4.69, 9.17) is 4.74 Å². The lowest BCUT2D eigenvalue weighted by Crippen LogP contribution is -2.23. The summed E-state index contributed by atoms with van der Waals surface area (Å²) in [5.41, 5.74) is 2.18. The van der Waals surface area contributed by atoms with Gasteiger partial charge >= 0.3 is 0 Å². The van der Waals surface area contributed by atoms with Gasteiger partial charge in [-0.05, 0) is 64.7 Å². The van der Waals surface area contributed by atoms with Gasteiger partial charge in [0.25, 0.3) is 0 Å². The van der Waals surface area contributed by atoms with E-state index in [0.29, 0.717) is 29.9 Å². The number of imidazole rings is 1. The number of hydrogen-bond donors (Lipinski definition) is 1. The van der Waals surface area contributed by atoms with Crippen molar-refractivity contribution in [3.05, 3.63) is 76.0 Å². The smallest absolute Gasteiger partial charge is 0.220 e. The number of benzene rings is 2. The van der Waals surface area contributed by atoms with E-state index in [0.717, 1.165) is 15.8 Å². The SMILES string of the molecule is COc1ccc(CCC(=O)NCc2ccc(-n3ccnc3C)c(F)c2)cc1Br. The number of aryl methyl sites for hydroxylation is 2. The van der Waals surface area contributed by atoms with E-state index in [1.165, 1.54) is 6.07 Å². The summed E-state index contributed by atoms with van der Waals surface area (Å²) in [5, 5.41) is 2.84. The first-order chi connectivity index (χ1) is 13.5. The van der Waals surface area contributed by atoms with Crippen molar-refractivity contribution in [1.82, 2.24) is 14.9 Å². The molecule has 0 aliphatic rings. The Bertz CT molecular complexity index is 988. The van der Waals surface area contributed by atoms with Gasteiger partial charge in [-0.1, -0.05) is 12.1 Å². The molecule has 7 heteroatoms. The highest BCUT2D eigenvalue weighted by Crippen LogP contribution is 2.26. The van der Waals surface area contributed by atoms with E-state index >= 15 is 0 Å². The molecule has 1 amide bonds. The number of nitrogens with one attached hydrogen (secondary N) is 1. The van der Waals surface area contributed by atoms with Gasteiger partial charge in [-0.3, -0.25) is 4.79 Å². The number of ether oxygens (including phenoxy) is 1. The minimum Gasteiger partial charge on any atom is -0.496 e. The fourth-order valence-electron chi connectivity index (χ4n) is 2.90. The average molecular weight is 446 g/mol. The Balaban J connectivity index is 1.54. The number of amides is 1. The molecule has 1 aromatic heterocycles. The van der Waals surface area contributed by atoms with E-state index in [1.807, 2.05) is 25.1 Å². The van der Waals surface area contributed by atoms with Gasteiger partial charge in [0.2, 0.25) is 5.91 Å². The van der Waals surface area contributed by atoms with Crippen LogP contribution in [0.1, 0.15) is 23.4 Å². The largest absolute Gasteiger partial charge is 0.496 e. The van der Waals surface area contributed by atoms with Gasteiger partial charge in [0.05, 0.1) is 17.3 Å². The molecule has 0 unspecified atom stereocenters. The normalized spacial score (nSPS) is 10.7. The van der Waals surface area contributed by atoms with E-state index in [2.05, 4.69) is 26.2 Å². The third-order valence-corrected chi connectivity index (χ3v) is 5.06. The van der Waals surface area contributed by atoms with Crippen molar-refractivity contribution in [1.29, 1.82) is 0 Å². The van der Waals surface area contributed by atoms with Crippen molar-refractivity contribution in [3.8, 4) is 11.4 Å². The third kappa shape index (κ3) is 4.78. The number of carbonyl (C=O) groups is 1. The van der Waals surface area contributed by atoms with Crippen molar-refractivity contribution in [2.24, 2.45) is 0 Å². The average Bonchev–Trinajstić information content (AvgIpc) is 3.10. The van der Waals surface area contributed by atoms with Crippen molar-refractivity contribution >= 4 is 21.8 Å². The molecule has 0 saturated heterocycles. The summed E-state index contributed by atoms with van der Waals surface area (Å²) in [6, 6.07) is 10.7. The van der Waals surface area contributed by atoms with Crippen molar-refractivity contribution in [3.63, 3.8) is 0 Å². The van der Waals surface area contributed by atoms with Crippen LogP contribution in [0.2, 0.25) is 0 Å². The molecule has 0 atom stereocenters. The zero-order valence-corrected chi connectivity index (χ0v) is 17.3. The van der Waals surface area contributed by atoms with Gasteiger partial charge in [0.15, 0.2) is 0 Å². The molecule has 3 rings (SSSR count). The van der Waals surface area contributed by atoms with Crippen LogP contribution in [0.15, 0.2) is 53.3 Å². The van der Waals surface area contributed by atoms with Crippen molar-refractivity contribution in [2.45, 2.75) is 26.3 Å². The molecule has 1 heterocycles. The predicted molar refractivity (Wildman–Crippen MR) is 109 cm³/mol. The number of aromatic nitrogens is 2. The minimum absolute atomic E-state index is 0.0816. The predicted octanol–water partition coefficient (Wildman–Crippen LogP) is 4.34. The van der Waals surface area contributed by atoms with Gasteiger partial charge in [-0.15, -0.1) is 0 Å². The van der Waals surface area contributed by atoms with Crippen LogP contribution in [0, 0.1) is 12.7 Å². The molecule has 2 aromatic carbocycles. The van der Waals surface area contributed by atoms with Gasteiger partial charge < -0.3 is 14.6 Å². The first-order valence-electron chi connectivity index (χ1n) is 8.86. The molecule has 0 aliphatic heterocycles. The molecule has 3 aromatic rings. The number of carbonyl (C=O) groups excluding carboxylic acids is 1. The number of rotatable bonds is 7. The molecule has 0 bridgehead atoms. The summed E-state index contributed by atoms with van der Waals surface area (Å²) in [6.07, 6.45) is 4.31. The topological polar surface area (TPSA) is 56.1 Å². The van der Waals surface area contributed by atoms with Crippen molar-refractivity contribution < 1.29 is 13.9 Å². The number of hydrogen-bond acceptors (Lipinski definition) is 3. The maximum absolute atomic E-state index is 14.4. The number of nitrogens with zero attached hydrogens (tertiary/aromatic N) is 2. The number of halogens is 2. The molecular weight excluding hydrogens is 425 g/mol. The zero-order valence-electron chi connectivity index (χ0n) is 15.7. The number of methoxy groups -OCH3 is 1. The molecule has 5 nitrogen and oxygen atoms in total. The molecule has 28 heavy (non-hydrogen) atoms. The Hall–Kier alpha value is -2.67. The second kappa shape index (κ2) is 9.01. The first kappa shape index (κ1) is 20.1. The Morgan fingerprint density at radius 1 is 1.25 bits per heavy atom. The lowest BCUT2D eigenvalue weighted by atomic mass is 10.1. The van der Waals surface area contributed by atoms with Gasteiger partial charge in [0.1, 0.15) is 17.4 Å². The van der Waals surface area contributed by atoms with E-state index in [-0.39, 0.29) is 18.3 Å². The summed E-state index contributed by atoms with van der Waals surface area (Å²) in [4.78, 5) is 16.2. The van der Waals surface area contributed by atoms with Crippen molar-refractivity contribution in [2.75, 3.05) is 7.11 Å². The molecule has 0 fully saturated rings. The van der Waals surface area contributed by atoms with E-state index in [9.17, 15) is 9.18 Å². The van der Waals surface area contributed by atoms with Crippen LogP contribution >= 0.6 is 15.9 Å². The summed E-state index contributed by atoms with van der Waals surface area (Å²) >= 11 is 3.44. The van der Waals surface area contributed by atoms with Gasteiger partial charge in [-0.2, -0.15) is 0 Å². The molecular formula is C21H21BrFN3O2. The van der Waals surface area contributed by atoms with Crippen LogP contribution in [0.25, 0.3) is 5.69 Å². The Morgan fingerprint density at radius 3 is 2.68 bits per heavy atom. The molecule has 0 spiro atoms. The monoisotopic (exact) mass is 445 g/mol. The van der Waals surface area contributed by atoms with Crippen LogP contribution in [0.5, 0.6) is 5.75 Å². The van der Waals surface area contributed by atoms with Crippen LogP contribution < -0.4 is 10.1 Å². The molecule has 0 radical (unpaired) electrons. The lowest BCUT2D eigenvalue weighted by molar-refractivity contribution is -0.121. The highest BCUT2D eigenvalue weighted by atomic mass is 79.9. The fraction of sp³-hybridized carbons (Fsp3) is 0.238. The van der Waals surface area contributed by atoms with Gasteiger partial charge in [0, 0.05) is 25.4 Å². The Kier molecular flexibility index (Phi) is 6.46. The second-order valence-corrected chi connectivity index (χ2v) is 7.23. The third-order valence-electron chi connectivity index (χ3n) is 4.44. The quantitative estimate of drug-likeness (QED) is 0.588. The summed E-state index contributed by atoms with van der Waals surface area (Å²) in [7, 11) is 1.61. The summed E-state index contributed by atoms with van der Waals surface area (Å²) in [5.74, 6) is 1.03. The molecule has 0 saturated carbocycles. The van der Waals surface area contributed by atoms with Crippen LogP contribution in [-0.4, -0.2) is 22.6 Å². The molecule has 0 aliphatic carbocycles. The maximum atomic E-state index is 14.4. The van der Waals surface area contributed by atoms with Crippen LogP contribution in [0.3, 0.4) is 0 Å². The van der Waals surface area contributed by atoms with E-state index < -0.39 is 0 Å². The maximum Gasteiger partial charge on any atom is 0.220 e. The standard InChI is InChI=1S/C21H21BrFN3O2/c1-14-24-9-10-26(14)19-6-3-16(12-18(19)23)13-25-21(27)8-5-15-4-7-20(28-2)17(22)11-15/h3-4,6-7,9-12H,5,8,13H2,1-2H3,(H,25,27). The summed E-state index contributed by atoms with van der Waals surface area (Å²) < 4.78 is 22.2. The Labute approximate surface area is 171 Å². The molecule has 146 valence electrons. The second-order valence-electron chi connectivity index (χ2n) is 6.38. The van der Waals surface area contributed by atoms with E-state index in [1.54, 1.807) is 36.2 Å².